The van der Waals surface area contributed by atoms with E-state index in [1.54, 1.807) is 24.3 Å². The van der Waals surface area contributed by atoms with Crippen LogP contribution in [0.5, 0.6) is 0 Å². The normalized spacial score (nSPS) is 12.6. The number of rotatable bonds is 4. The Hall–Kier alpha value is -3.22. The highest BCUT2D eigenvalue weighted by molar-refractivity contribution is 5.98. The molecule has 3 aromatic rings. The average Bonchev–Trinajstić information content (AvgIpc) is 3.05. The van der Waals surface area contributed by atoms with Crippen LogP contribution < -0.4 is 10.6 Å². The third-order valence-corrected chi connectivity index (χ3v) is 4.14. The first kappa shape index (κ1) is 18.6. The van der Waals surface area contributed by atoms with Crippen molar-refractivity contribution in [1.82, 2.24) is 19.9 Å². The maximum atomic E-state index is 12.6. The van der Waals surface area contributed by atoms with Crippen LogP contribution in [0, 0.1) is 5.41 Å². The van der Waals surface area contributed by atoms with Gasteiger partial charge in [0.25, 0.3) is 5.91 Å². The fraction of sp³-hybridized carbons (Fsp3) is 0.300. The fourth-order valence-corrected chi connectivity index (χ4v) is 2.56. The van der Waals surface area contributed by atoms with E-state index in [-0.39, 0.29) is 17.9 Å². The molecule has 1 atom stereocenters. The minimum Gasteiger partial charge on any atom is -0.342 e. The lowest BCUT2D eigenvalue weighted by Crippen LogP contribution is -2.29. The van der Waals surface area contributed by atoms with Crippen molar-refractivity contribution in [1.29, 1.82) is 0 Å². The van der Waals surface area contributed by atoms with E-state index in [0.29, 0.717) is 17.1 Å². The second-order valence-electron chi connectivity index (χ2n) is 7.47. The van der Waals surface area contributed by atoms with Crippen LogP contribution in [-0.4, -0.2) is 26.4 Å². The summed E-state index contributed by atoms with van der Waals surface area (Å²) in [6.45, 7) is 7.36. The van der Waals surface area contributed by atoms with Gasteiger partial charge in [0.05, 0.1) is 6.04 Å². The van der Waals surface area contributed by atoms with E-state index in [1.807, 2.05) is 56.5 Å². The van der Waals surface area contributed by atoms with Crippen LogP contribution in [-0.2, 0) is 4.79 Å². The Bertz CT molecular complexity index is 987. The molecule has 0 radical (unpaired) electrons. The second-order valence-corrected chi connectivity index (χ2v) is 7.47. The number of hydrogen-bond donors (Lipinski definition) is 2. The fourth-order valence-electron chi connectivity index (χ4n) is 2.56. The third kappa shape index (κ3) is 4.13. The van der Waals surface area contributed by atoms with E-state index in [9.17, 15) is 9.59 Å². The number of carbonyl (C=O) groups is 2. The Labute approximate surface area is 157 Å². The molecule has 27 heavy (non-hydrogen) atoms. The van der Waals surface area contributed by atoms with Crippen molar-refractivity contribution in [2.24, 2.45) is 5.41 Å². The molecule has 0 aliphatic heterocycles. The summed E-state index contributed by atoms with van der Waals surface area (Å²) in [7, 11) is 0. The van der Waals surface area contributed by atoms with Crippen molar-refractivity contribution in [2.45, 2.75) is 33.7 Å². The predicted octanol–water partition coefficient (Wildman–Crippen LogP) is 3.20. The lowest BCUT2D eigenvalue weighted by Gasteiger charge is -2.18. The van der Waals surface area contributed by atoms with E-state index < -0.39 is 5.41 Å². The summed E-state index contributed by atoms with van der Waals surface area (Å²) in [5.41, 5.74) is 1.26. The minimum absolute atomic E-state index is 0.108. The van der Waals surface area contributed by atoms with Gasteiger partial charge in [0.15, 0.2) is 11.5 Å². The molecule has 0 spiro atoms. The van der Waals surface area contributed by atoms with E-state index in [2.05, 4.69) is 20.8 Å². The van der Waals surface area contributed by atoms with Gasteiger partial charge in [-0.25, -0.2) is 0 Å². The number of aromatic nitrogens is 3. The van der Waals surface area contributed by atoms with E-state index >= 15 is 0 Å². The SMILES string of the molecule is CC(NC(=O)c1cccc(NC(=O)C(C)(C)C)c1)c1nnc2ccccn12. The highest BCUT2D eigenvalue weighted by Crippen LogP contribution is 2.19. The summed E-state index contributed by atoms with van der Waals surface area (Å²) in [5.74, 6) is 0.293. The maximum Gasteiger partial charge on any atom is 0.251 e. The molecule has 7 heteroatoms. The molecule has 2 heterocycles. The number of anilines is 1. The molecular weight excluding hydrogens is 342 g/mol. The van der Waals surface area contributed by atoms with Crippen LogP contribution in [0.2, 0.25) is 0 Å². The van der Waals surface area contributed by atoms with E-state index in [1.165, 1.54) is 0 Å². The average molecular weight is 365 g/mol. The maximum absolute atomic E-state index is 12.6. The van der Waals surface area contributed by atoms with Crippen LogP contribution in [0.15, 0.2) is 48.7 Å². The Morgan fingerprint density at radius 3 is 2.59 bits per heavy atom. The van der Waals surface area contributed by atoms with Crippen LogP contribution in [0.1, 0.15) is 49.9 Å². The Morgan fingerprint density at radius 2 is 1.85 bits per heavy atom. The quantitative estimate of drug-likeness (QED) is 0.743. The van der Waals surface area contributed by atoms with Crippen LogP contribution in [0.3, 0.4) is 0 Å². The second kappa shape index (κ2) is 7.19. The lowest BCUT2D eigenvalue weighted by molar-refractivity contribution is -0.123. The van der Waals surface area contributed by atoms with Crippen molar-refractivity contribution in [3.05, 3.63) is 60.0 Å². The zero-order chi connectivity index (χ0) is 19.6. The van der Waals surface area contributed by atoms with Gasteiger partial charge in [0.2, 0.25) is 5.91 Å². The molecule has 0 aliphatic carbocycles. The van der Waals surface area contributed by atoms with Gasteiger partial charge in [-0.05, 0) is 37.3 Å². The van der Waals surface area contributed by atoms with Crippen molar-refractivity contribution in [2.75, 3.05) is 5.32 Å². The molecule has 0 fully saturated rings. The Kier molecular flexibility index (Phi) is 4.94. The van der Waals surface area contributed by atoms with Gasteiger partial charge < -0.3 is 10.6 Å². The third-order valence-electron chi connectivity index (χ3n) is 4.14. The summed E-state index contributed by atoms with van der Waals surface area (Å²) in [6.07, 6.45) is 1.86. The number of pyridine rings is 1. The first-order valence-corrected chi connectivity index (χ1v) is 8.78. The molecule has 0 bridgehead atoms. The predicted molar refractivity (Wildman–Crippen MR) is 103 cm³/mol. The lowest BCUT2D eigenvalue weighted by atomic mass is 9.95. The summed E-state index contributed by atoms with van der Waals surface area (Å²) in [5, 5.41) is 14.0. The number of hydrogen-bond acceptors (Lipinski definition) is 4. The molecule has 3 rings (SSSR count). The smallest absolute Gasteiger partial charge is 0.251 e. The van der Waals surface area contributed by atoms with Crippen molar-refractivity contribution >= 4 is 23.1 Å². The van der Waals surface area contributed by atoms with Crippen LogP contribution >= 0.6 is 0 Å². The number of benzene rings is 1. The summed E-state index contributed by atoms with van der Waals surface area (Å²) in [6, 6.07) is 12.2. The highest BCUT2D eigenvalue weighted by atomic mass is 16.2. The molecule has 7 nitrogen and oxygen atoms in total. The topological polar surface area (TPSA) is 88.4 Å². The summed E-state index contributed by atoms with van der Waals surface area (Å²) >= 11 is 0. The highest BCUT2D eigenvalue weighted by Gasteiger charge is 2.22. The monoisotopic (exact) mass is 365 g/mol. The van der Waals surface area contributed by atoms with Crippen molar-refractivity contribution in [3.63, 3.8) is 0 Å². The number of amides is 2. The standard InChI is InChI=1S/C20H23N5O2/c1-13(17-24-23-16-10-5-6-11-25(16)17)21-18(26)14-8-7-9-15(12-14)22-19(27)20(2,3)4/h5-13H,1-4H3,(H,21,26)(H,22,27). The number of fused-ring (bicyclic) bond motifs is 1. The van der Waals surface area contributed by atoms with Gasteiger partial charge in [-0.15, -0.1) is 10.2 Å². The van der Waals surface area contributed by atoms with E-state index in [0.717, 1.165) is 5.65 Å². The van der Waals surface area contributed by atoms with Crippen molar-refractivity contribution < 1.29 is 9.59 Å². The molecule has 0 saturated heterocycles. The van der Waals surface area contributed by atoms with Crippen LogP contribution in [0.25, 0.3) is 5.65 Å². The molecule has 0 aliphatic rings. The zero-order valence-electron chi connectivity index (χ0n) is 15.9. The number of nitrogens with zero attached hydrogens (tertiary/aromatic N) is 3. The zero-order valence-corrected chi connectivity index (χ0v) is 15.9. The van der Waals surface area contributed by atoms with Gasteiger partial charge in [0.1, 0.15) is 0 Å². The summed E-state index contributed by atoms with van der Waals surface area (Å²) < 4.78 is 1.84. The Balaban J connectivity index is 1.74. The first-order chi connectivity index (χ1) is 12.8. The molecule has 2 amide bonds. The van der Waals surface area contributed by atoms with Crippen LogP contribution in [0.4, 0.5) is 5.69 Å². The van der Waals surface area contributed by atoms with Gasteiger partial charge in [0, 0.05) is 22.9 Å². The summed E-state index contributed by atoms with van der Waals surface area (Å²) in [4.78, 5) is 24.8. The largest absolute Gasteiger partial charge is 0.342 e. The molecule has 140 valence electrons. The molecular formula is C20H23N5O2. The number of carbonyl (C=O) groups excluding carboxylic acids is 2. The molecule has 1 aromatic carbocycles. The van der Waals surface area contributed by atoms with Gasteiger partial charge >= 0.3 is 0 Å². The van der Waals surface area contributed by atoms with E-state index in [4.69, 9.17) is 0 Å². The molecule has 2 N–H and O–H groups in total. The van der Waals surface area contributed by atoms with Gasteiger partial charge in [-0.3, -0.25) is 14.0 Å². The molecule has 0 saturated carbocycles. The minimum atomic E-state index is -0.512. The van der Waals surface area contributed by atoms with Gasteiger partial charge in [-0.2, -0.15) is 0 Å². The van der Waals surface area contributed by atoms with Gasteiger partial charge in [-0.1, -0.05) is 32.9 Å². The number of nitrogens with one attached hydrogen (secondary N) is 2. The first-order valence-electron chi connectivity index (χ1n) is 8.78. The Morgan fingerprint density at radius 1 is 1.07 bits per heavy atom. The molecule has 2 aromatic heterocycles. The van der Waals surface area contributed by atoms with Crippen molar-refractivity contribution in [3.8, 4) is 0 Å². The molecule has 1 unspecified atom stereocenters.